The molecule has 0 radical (unpaired) electrons. The molecule has 3 aromatic rings. The zero-order valence-electron chi connectivity index (χ0n) is 27.4. The zero-order valence-corrected chi connectivity index (χ0v) is 28.2. The normalized spacial score (nSPS) is 20.8. The molecule has 0 bridgehead atoms. The van der Waals surface area contributed by atoms with Crippen LogP contribution in [0.15, 0.2) is 71.8 Å². The SMILES string of the molecule is COc1ccc(CC[C@H](C)N2C[C@@H](C)[C@H](CN(C)S(=O)(=O)c3ccc(F)cc3)OCCCC[C@@H](C)Oc3ncccc3C2=O)cc1. The Hall–Kier alpha value is -3.54. The van der Waals surface area contributed by atoms with E-state index >= 15 is 0 Å². The van der Waals surface area contributed by atoms with Crippen LogP contribution in [0.25, 0.3) is 0 Å². The van der Waals surface area contributed by atoms with Gasteiger partial charge >= 0.3 is 0 Å². The van der Waals surface area contributed by atoms with E-state index in [0.717, 1.165) is 49.1 Å². The number of halogens is 1. The Morgan fingerprint density at radius 2 is 1.80 bits per heavy atom. The average molecular weight is 656 g/mol. The molecule has 9 nitrogen and oxygen atoms in total. The van der Waals surface area contributed by atoms with Crippen molar-refractivity contribution in [2.45, 2.75) is 76.0 Å². The maximum Gasteiger partial charge on any atom is 0.259 e. The van der Waals surface area contributed by atoms with Crippen LogP contribution in [-0.2, 0) is 21.2 Å². The lowest BCUT2D eigenvalue weighted by atomic mass is 9.99. The Balaban J connectivity index is 1.62. The average Bonchev–Trinajstić information content (AvgIpc) is 3.05. The van der Waals surface area contributed by atoms with Crippen molar-refractivity contribution in [2.24, 2.45) is 5.92 Å². The van der Waals surface area contributed by atoms with E-state index in [1.165, 1.54) is 23.5 Å². The second-order valence-electron chi connectivity index (χ2n) is 12.1. The highest BCUT2D eigenvalue weighted by Crippen LogP contribution is 2.26. The quantitative estimate of drug-likeness (QED) is 0.280. The van der Waals surface area contributed by atoms with Gasteiger partial charge in [0, 0.05) is 44.9 Å². The number of likely N-dealkylation sites (N-methyl/N-ethyl adjacent to an activating group) is 1. The summed E-state index contributed by atoms with van der Waals surface area (Å²) in [6, 6.07) is 16.0. The van der Waals surface area contributed by atoms with E-state index in [-0.39, 0.29) is 35.4 Å². The molecule has 1 aromatic heterocycles. The molecule has 0 spiro atoms. The molecule has 0 saturated carbocycles. The van der Waals surface area contributed by atoms with Crippen molar-refractivity contribution in [1.29, 1.82) is 0 Å². The van der Waals surface area contributed by atoms with Crippen LogP contribution in [-0.4, -0.2) is 80.6 Å². The number of nitrogens with zero attached hydrogens (tertiary/aromatic N) is 3. The number of hydrogen-bond donors (Lipinski definition) is 0. The number of hydrogen-bond acceptors (Lipinski definition) is 7. The highest BCUT2D eigenvalue weighted by atomic mass is 32.2. The fourth-order valence-corrected chi connectivity index (χ4v) is 6.75. The Morgan fingerprint density at radius 3 is 2.50 bits per heavy atom. The van der Waals surface area contributed by atoms with E-state index in [1.807, 2.05) is 49.9 Å². The molecule has 0 unspecified atom stereocenters. The molecular weight excluding hydrogens is 609 g/mol. The summed E-state index contributed by atoms with van der Waals surface area (Å²) in [5.41, 5.74) is 1.52. The second-order valence-corrected chi connectivity index (χ2v) is 14.1. The first-order chi connectivity index (χ1) is 22.0. The number of sulfonamides is 1. The van der Waals surface area contributed by atoms with Crippen LogP contribution in [0, 0.1) is 11.7 Å². The first-order valence-electron chi connectivity index (χ1n) is 15.9. The van der Waals surface area contributed by atoms with Gasteiger partial charge in [-0.1, -0.05) is 19.1 Å². The van der Waals surface area contributed by atoms with Gasteiger partial charge in [0.1, 0.15) is 17.1 Å². The molecule has 2 aromatic carbocycles. The summed E-state index contributed by atoms with van der Waals surface area (Å²) in [5.74, 6) is 0.155. The number of amides is 1. The topological polar surface area (TPSA) is 98.3 Å². The van der Waals surface area contributed by atoms with Gasteiger partial charge in [-0.05, 0) is 100 Å². The van der Waals surface area contributed by atoms with Gasteiger partial charge in [0.2, 0.25) is 15.9 Å². The van der Waals surface area contributed by atoms with Crippen LogP contribution >= 0.6 is 0 Å². The van der Waals surface area contributed by atoms with E-state index in [9.17, 15) is 17.6 Å². The standard InChI is InChI=1S/C35H46FN3O6S/c1-25-23-39(26(2)11-12-28-13-17-30(43-5)18-14-28)35(40)32-10-8-21-37-34(32)45-27(3)9-6-7-22-44-33(25)24-38(4)46(41,42)31-19-15-29(36)16-20-31/h8,10,13-21,25-27,33H,6-7,9,11-12,22-24H2,1-5H3/t25-,26+,27-,33+/m1/s1. The molecule has 1 amide bonds. The highest BCUT2D eigenvalue weighted by Gasteiger charge is 2.32. The van der Waals surface area contributed by atoms with Gasteiger partial charge in [0.25, 0.3) is 5.91 Å². The number of pyridine rings is 1. The fraction of sp³-hybridized carbons (Fsp3) is 0.486. The number of aromatic nitrogens is 1. The van der Waals surface area contributed by atoms with Crippen LogP contribution < -0.4 is 9.47 Å². The summed E-state index contributed by atoms with van der Waals surface area (Å²) in [4.78, 5) is 20.6. The van der Waals surface area contributed by atoms with Crippen molar-refractivity contribution in [3.05, 3.63) is 83.8 Å². The molecule has 250 valence electrons. The van der Waals surface area contributed by atoms with E-state index in [1.54, 1.807) is 25.4 Å². The summed E-state index contributed by atoms with van der Waals surface area (Å²) in [6.07, 6.45) is 4.74. The molecule has 1 aliphatic rings. The number of rotatable bonds is 9. The van der Waals surface area contributed by atoms with Gasteiger partial charge in [-0.2, -0.15) is 4.31 Å². The third-order valence-electron chi connectivity index (χ3n) is 8.53. The summed E-state index contributed by atoms with van der Waals surface area (Å²) < 4.78 is 59.4. The summed E-state index contributed by atoms with van der Waals surface area (Å²) in [6.45, 7) is 6.79. The molecule has 4 atom stereocenters. The van der Waals surface area contributed by atoms with Crippen LogP contribution in [0.4, 0.5) is 4.39 Å². The Morgan fingerprint density at radius 1 is 1.09 bits per heavy atom. The minimum atomic E-state index is -3.90. The second kappa shape index (κ2) is 16.3. The number of benzene rings is 2. The molecule has 0 aliphatic carbocycles. The van der Waals surface area contributed by atoms with Crippen molar-refractivity contribution in [1.82, 2.24) is 14.2 Å². The molecule has 11 heteroatoms. The third kappa shape index (κ3) is 9.27. The number of carbonyl (C=O) groups is 1. The lowest BCUT2D eigenvalue weighted by Gasteiger charge is -2.36. The summed E-state index contributed by atoms with van der Waals surface area (Å²) in [5, 5.41) is 0. The number of carbonyl (C=O) groups excluding carboxylic acids is 1. The van der Waals surface area contributed by atoms with Crippen molar-refractivity contribution >= 4 is 15.9 Å². The van der Waals surface area contributed by atoms with E-state index in [0.29, 0.717) is 31.0 Å². The van der Waals surface area contributed by atoms with Crippen molar-refractivity contribution in [3.8, 4) is 11.6 Å². The maximum absolute atomic E-state index is 14.3. The third-order valence-corrected chi connectivity index (χ3v) is 10.4. The molecule has 0 N–H and O–H groups in total. The van der Waals surface area contributed by atoms with Gasteiger partial charge in [-0.3, -0.25) is 4.79 Å². The monoisotopic (exact) mass is 655 g/mol. The molecule has 0 fully saturated rings. The Kier molecular flexibility index (Phi) is 12.5. The lowest BCUT2D eigenvalue weighted by Crippen LogP contribution is -2.47. The largest absolute Gasteiger partial charge is 0.497 e. The lowest BCUT2D eigenvalue weighted by molar-refractivity contribution is -0.00640. The summed E-state index contributed by atoms with van der Waals surface area (Å²) in [7, 11) is -0.764. The van der Waals surface area contributed by atoms with Crippen molar-refractivity contribution in [3.63, 3.8) is 0 Å². The highest BCUT2D eigenvalue weighted by molar-refractivity contribution is 7.89. The maximum atomic E-state index is 14.3. The van der Waals surface area contributed by atoms with Gasteiger partial charge in [-0.25, -0.2) is 17.8 Å². The first-order valence-corrected chi connectivity index (χ1v) is 17.3. The number of ether oxygens (including phenoxy) is 3. The van der Waals surface area contributed by atoms with E-state index in [4.69, 9.17) is 14.2 Å². The van der Waals surface area contributed by atoms with Crippen LogP contribution in [0.2, 0.25) is 0 Å². The van der Waals surface area contributed by atoms with Gasteiger partial charge < -0.3 is 19.1 Å². The molecule has 1 aliphatic heterocycles. The van der Waals surface area contributed by atoms with Crippen LogP contribution in [0.3, 0.4) is 0 Å². The predicted molar refractivity (Wildman–Crippen MR) is 175 cm³/mol. The van der Waals surface area contributed by atoms with Gasteiger partial charge in [0.15, 0.2) is 0 Å². The Labute approximate surface area is 272 Å². The van der Waals surface area contributed by atoms with Gasteiger partial charge in [0.05, 0.1) is 24.2 Å². The van der Waals surface area contributed by atoms with E-state index in [2.05, 4.69) is 4.98 Å². The number of fused-ring (bicyclic) bond motifs is 1. The Bertz CT molecular complexity index is 1520. The number of aryl methyl sites for hydroxylation is 1. The minimum absolute atomic E-state index is 0.00648. The van der Waals surface area contributed by atoms with Crippen LogP contribution in [0.5, 0.6) is 11.6 Å². The zero-order chi connectivity index (χ0) is 33.3. The molecule has 2 heterocycles. The molecule has 0 saturated heterocycles. The molecule has 4 rings (SSSR count). The summed E-state index contributed by atoms with van der Waals surface area (Å²) >= 11 is 0. The molecule has 46 heavy (non-hydrogen) atoms. The number of methoxy groups -OCH3 is 1. The van der Waals surface area contributed by atoms with Crippen LogP contribution in [0.1, 0.15) is 62.4 Å². The van der Waals surface area contributed by atoms with E-state index < -0.39 is 21.9 Å². The smallest absolute Gasteiger partial charge is 0.259 e. The van der Waals surface area contributed by atoms with Gasteiger partial charge in [-0.15, -0.1) is 0 Å². The minimum Gasteiger partial charge on any atom is -0.497 e. The van der Waals surface area contributed by atoms with Crippen molar-refractivity contribution in [2.75, 3.05) is 33.9 Å². The van der Waals surface area contributed by atoms with Crippen molar-refractivity contribution < 1.29 is 31.8 Å². The first kappa shape index (κ1) is 35.3. The predicted octanol–water partition coefficient (Wildman–Crippen LogP) is 5.99. The fourth-order valence-electron chi connectivity index (χ4n) is 5.57. The molecular formula is C35H46FN3O6S.